The number of non-ortho nitro benzene ring substituents is 1. The number of benzene rings is 2. The Morgan fingerprint density at radius 1 is 1.19 bits per heavy atom. The Bertz CT molecular complexity index is 1030. The number of anilines is 1. The maximum absolute atomic E-state index is 12.6. The van der Waals surface area contributed by atoms with Crippen LogP contribution in [-0.2, 0) is 14.3 Å². The number of ketones is 1. The standard InChI is InChI=1S/C22H22N2O7/c1-13-4-6-15(7-5-13)21(26)14(2)31-22(27)16-10-20(25)23(12-16)18-9-8-17(24(28)29)11-19(18)30-3/h4-9,11,14,16H,10,12H2,1-3H3/t14-,16-/m0/s1. The Morgan fingerprint density at radius 2 is 1.87 bits per heavy atom. The first-order valence-electron chi connectivity index (χ1n) is 9.65. The molecule has 2 aromatic carbocycles. The summed E-state index contributed by atoms with van der Waals surface area (Å²) in [6, 6.07) is 10.8. The van der Waals surface area contributed by atoms with Gasteiger partial charge in [-0.15, -0.1) is 0 Å². The van der Waals surface area contributed by atoms with Gasteiger partial charge in [0.05, 0.1) is 29.7 Å². The quantitative estimate of drug-likeness (QED) is 0.289. The smallest absolute Gasteiger partial charge is 0.312 e. The van der Waals surface area contributed by atoms with Crippen molar-refractivity contribution in [3.63, 3.8) is 0 Å². The van der Waals surface area contributed by atoms with Crippen molar-refractivity contribution in [1.82, 2.24) is 0 Å². The molecular formula is C22H22N2O7. The first-order valence-corrected chi connectivity index (χ1v) is 9.65. The lowest BCUT2D eigenvalue weighted by molar-refractivity contribution is -0.384. The summed E-state index contributed by atoms with van der Waals surface area (Å²) in [6.07, 6.45) is -1.09. The Hall–Kier alpha value is -3.75. The molecule has 9 nitrogen and oxygen atoms in total. The van der Waals surface area contributed by atoms with Gasteiger partial charge in [0.2, 0.25) is 11.7 Å². The molecule has 3 rings (SSSR count). The SMILES string of the molecule is COc1cc([N+](=O)[O-])ccc1N1C[C@@H](C(=O)O[C@@H](C)C(=O)c2ccc(C)cc2)CC1=O. The van der Waals surface area contributed by atoms with Crippen LogP contribution in [0.3, 0.4) is 0 Å². The Balaban J connectivity index is 1.69. The second-order valence-electron chi connectivity index (χ2n) is 7.33. The van der Waals surface area contributed by atoms with Gasteiger partial charge in [0.15, 0.2) is 6.10 Å². The molecule has 0 spiro atoms. The lowest BCUT2D eigenvalue weighted by Gasteiger charge is -2.19. The molecule has 0 unspecified atom stereocenters. The van der Waals surface area contributed by atoms with Crippen LogP contribution in [0.2, 0.25) is 0 Å². The van der Waals surface area contributed by atoms with Crippen LogP contribution in [0, 0.1) is 23.0 Å². The summed E-state index contributed by atoms with van der Waals surface area (Å²) in [5.74, 6) is -1.93. The van der Waals surface area contributed by atoms with Crippen molar-refractivity contribution >= 4 is 29.0 Å². The third-order valence-electron chi connectivity index (χ3n) is 5.12. The number of Topliss-reactive ketones (excluding diaryl/α,β-unsaturated/α-hetero) is 1. The van der Waals surface area contributed by atoms with E-state index in [2.05, 4.69) is 0 Å². The van der Waals surface area contributed by atoms with Gasteiger partial charge in [0.25, 0.3) is 5.69 Å². The highest BCUT2D eigenvalue weighted by atomic mass is 16.6. The van der Waals surface area contributed by atoms with Crippen LogP contribution in [0.25, 0.3) is 0 Å². The van der Waals surface area contributed by atoms with Gasteiger partial charge in [-0.3, -0.25) is 24.5 Å². The molecule has 0 radical (unpaired) electrons. The van der Waals surface area contributed by atoms with Gasteiger partial charge in [-0.25, -0.2) is 0 Å². The van der Waals surface area contributed by atoms with E-state index in [1.807, 2.05) is 6.92 Å². The Morgan fingerprint density at radius 3 is 2.48 bits per heavy atom. The molecule has 0 N–H and O–H groups in total. The molecule has 1 fully saturated rings. The molecule has 0 aliphatic carbocycles. The summed E-state index contributed by atoms with van der Waals surface area (Å²) >= 11 is 0. The highest BCUT2D eigenvalue weighted by Crippen LogP contribution is 2.36. The molecular weight excluding hydrogens is 404 g/mol. The second-order valence-corrected chi connectivity index (χ2v) is 7.33. The van der Waals surface area contributed by atoms with Crippen LogP contribution in [0.5, 0.6) is 5.75 Å². The van der Waals surface area contributed by atoms with Crippen LogP contribution in [0.1, 0.15) is 29.3 Å². The third kappa shape index (κ3) is 4.71. The first kappa shape index (κ1) is 21.9. The van der Waals surface area contributed by atoms with E-state index in [0.717, 1.165) is 5.56 Å². The number of carbonyl (C=O) groups is 3. The van der Waals surface area contributed by atoms with E-state index in [0.29, 0.717) is 11.3 Å². The highest BCUT2D eigenvalue weighted by Gasteiger charge is 2.38. The predicted molar refractivity (Wildman–Crippen MR) is 111 cm³/mol. The molecule has 31 heavy (non-hydrogen) atoms. The summed E-state index contributed by atoms with van der Waals surface area (Å²) in [6.45, 7) is 3.42. The lowest BCUT2D eigenvalue weighted by atomic mass is 10.1. The van der Waals surface area contributed by atoms with E-state index in [9.17, 15) is 24.5 Å². The molecule has 1 saturated heterocycles. The monoisotopic (exact) mass is 426 g/mol. The molecule has 0 saturated carbocycles. The number of carbonyl (C=O) groups excluding carboxylic acids is 3. The van der Waals surface area contributed by atoms with Crippen molar-refractivity contribution in [3.8, 4) is 5.75 Å². The number of hydrogen-bond acceptors (Lipinski definition) is 7. The Labute approximate surface area is 178 Å². The van der Waals surface area contributed by atoms with Gasteiger partial charge in [-0.2, -0.15) is 0 Å². The van der Waals surface area contributed by atoms with E-state index in [4.69, 9.17) is 9.47 Å². The average Bonchev–Trinajstić information content (AvgIpc) is 3.14. The second kappa shape index (κ2) is 8.95. The molecule has 2 atom stereocenters. The van der Waals surface area contributed by atoms with Crippen molar-refractivity contribution in [2.45, 2.75) is 26.4 Å². The van der Waals surface area contributed by atoms with Crippen LogP contribution in [0.15, 0.2) is 42.5 Å². The minimum absolute atomic E-state index is 0.0251. The zero-order chi connectivity index (χ0) is 22.7. The first-order chi connectivity index (χ1) is 14.7. The predicted octanol–water partition coefficient (Wildman–Crippen LogP) is 3.08. The summed E-state index contributed by atoms with van der Waals surface area (Å²) in [7, 11) is 1.34. The van der Waals surface area contributed by atoms with E-state index in [1.54, 1.807) is 24.3 Å². The fourth-order valence-electron chi connectivity index (χ4n) is 3.38. The zero-order valence-corrected chi connectivity index (χ0v) is 17.4. The maximum atomic E-state index is 12.6. The number of methoxy groups -OCH3 is 1. The summed E-state index contributed by atoms with van der Waals surface area (Å²) in [5, 5.41) is 11.0. The molecule has 162 valence electrons. The molecule has 1 amide bonds. The summed E-state index contributed by atoms with van der Waals surface area (Å²) < 4.78 is 10.5. The van der Waals surface area contributed by atoms with Gasteiger partial charge in [-0.05, 0) is 19.9 Å². The van der Waals surface area contributed by atoms with Crippen molar-refractivity contribution < 1.29 is 28.8 Å². The number of rotatable bonds is 7. The lowest BCUT2D eigenvalue weighted by Crippen LogP contribution is -2.30. The number of hydrogen-bond donors (Lipinski definition) is 0. The van der Waals surface area contributed by atoms with E-state index >= 15 is 0 Å². The van der Waals surface area contributed by atoms with Crippen molar-refractivity contribution in [2.24, 2.45) is 5.92 Å². The number of nitrogens with zero attached hydrogens (tertiary/aromatic N) is 2. The van der Waals surface area contributed by atoms with Crippen molar-refractivity contribution in [3.05, 3.63) is 63.7 Å². The Kier molecular flexibility index (Phi) is 6.33. The maximum Gasteiger partial charge on any atom is 0.312 e. The van der Waals surface area contributed by atoms with Crippen LogP contribution in [-0.4, -0.2) is 42.3 Å². The van der Waals surface area contributed by atoms with Gasteiger partial charge in [0.1, 0.15) is 5.75 Å². The molecule has 1 heterocycles. The number of ether oxygens (including phenoxy) is 2. The number of nitro groups is 1. The van der Waals surface area contributed by atoms with Crippen molar-refractivity contribution in [1.29, 1.82) is 0 Å². The van der Waals surface area contributed by atoms with E-state index in [1.165, 1.54) is 37.1 Å². The molecule has 2 aromatic rings. The summed E-state index contributed by atoms with van der Waals surface area (Å²) in [4.78, 5) is 49.3. The normalized spacial score (nSPS) is 16.7. The molecule has 9 heteroatoms. The number of esters is 1. The van der Waals surface area contributed by atoms with Gasteiger partial charge in [0, 0.05) is 24.6 Å². The van der Waals surface area contributed by atoms with Crippen LogP contribution >= 0.6 is 0 Å². The highest BCUT2D eigenvalue weighted by molar-refractivity contribution is 6.02. The van der Waals surface area contributed by atoms with Gasteiger partial charge < -0.3 is 14.4 Å². The largest absolute Gasteiger partial charge is 0.494 e. The van der Waals surface area contributed by atoms with Crippen LogP contribution in [0.4, 0.5) is 11.4 Å². The topological polar surface area (TPSA) is 116 Å². The molecule has 0 bridgehead atoms. The molecule has 1 aliphatic heterocycles. The van der Waals surface area contributed by atoms with Crippen molar-refractivity contribution in [2.75, 3.05) is 18.6 Å². The number of amides is 1. The molecule has 0 aromatic heterocycles. The van der Waals surface area contributed by atoms with E-state index < -0.39 is 22.9 Å². The third-order valence-corrected chi connectivity index (χ3v) is 5.12. The molecule has 1 aliphatic rings. The van der Waals surface area contributed by atoms with E-state index in [-0.39, 0.29) is 36.1 Å². The van der Waals surface area contributed by atoms with Gasteiger partial charge in [-0.1, -0.05) is 29.8 Å². The van der Waals surface area contributed by atoms with Gasteiger partial charge >= 0.3 is 5.97 Å². The number of aryl methyl sites for hydroxylation is 1. The minimum atomic E-state index is -0.992. The average molecular weight is 426 g/mol. The fourth-order valence-corrected chi connectivity index (χ4v) is 3.38. The summed E-state index contributed by atoms with van der Waals surface area (Å²) in [5.41, 5.74) is 1.60. The zero-order valence-electron chi connectivity index (χ0n) is 17.4. The minimum Gasteiger partial charge on any atom is -0.494 e. The number of nitro benzene ring substituents is 1. The fraction of sp³-hybridized carbons (Fsp3) is 0.318. The van der Waals surface area contributed by atoms with Crippen LogP contribution < -0.4 is 9.64 Å².